The lowest BCUT2D eigenvalue weighted by molar-refractivity contribution is 0.301. The first kappa shape index (κ1) is 16.1. The normalized spacial score (nSPS) is 17.5. The molecule has 0 radical (unpaired) electrons. The molecule has 1 aromatic heterocycles. The minimum atomic E-state index is 0.425. The average Bonchev–Trinajstić information content (AvgIpc) is 2.92. The zero-order valence-corrected chi connectivity index (χ0v) is 14.2. The van der Waals surface area contributed by atoms with Gasteiger partial charge in [-0.1, -0.05) is 27.7 Å². The van der Waals surface area contributed by atoms with Gasteiger partial charge in [0.25, 0.3) is 0 Å². The van der Waals surface area contributed by atoms with Crippen LogP contribution >= 0.6 is 0 Å². The predicted octanol–water partition coefficient (Wildman–Crippen LogP) is 4.05. The standard InChI is InChI=1S/C17H30N4/c1-6-17(7-2)9-10-21(11-17)16-14(13(4)5)15(18-8-3)19-12-20-16/h12-13H,6-11H2,1-5H3,(H,18,19,20). The first-order valence-electron chi connectivity index (χ1n) is 8.40. The Morgan fingerprint density at radius 3 is 2.48 bits per heavy atom. The van der Waals surface area contributed by atoms with E-state index in [1.165, 1.54) is 24.8 Å². The van der Waals surface area contributed by atoms with Gasteiger partial charge in [0.1, 0.15) is 18.0 Å². The Balaban J connectivity index is 2.34. The quantitative estimate of drug-likeness (QED) is 0.858. The third-order valence-electron chi connectivity index (χ3n) is 5.02. The van der Waals surface area contributed by atoms with Crippen molar-refractivity contribution in [1.29, 1.82) is 0 Å². The Bertz CT molecular complexity index is 466. The topological polar surface area (TPSA) is 41.1 Å². The van der Waals surface area contributed by atoms with Gasteiger partial charge in [0, 0.05) is 25.2 Å². The van der Waals surface area contributed by atoms with E-state index in [9.17, 15) is 0 Å². The molecule has 1 N–H and O–H groups in total. The number of hydrogen-bond donors (Lipinski definition) is 1. The molecule has 1 fully saturated rings. The third-order valence-corrected chi connectivity index (χ3v) is 5.02. The van der Waals surface area contributed by atoms with Crippen molar-refractivity contribution in [2.45, 2.75) is 59.8 Å². The minimum Gasteiger partial charge on any atom is -0.370 e. The number of hydrogen-bond acceptors (Lipinski definition) is 4. The van der Waals surface area contributed by atoms with Crippen LogP contribution in [0.3, 0.4) is 0 Å². The van der Waals surface area contributed by atoms with Gasteiger partial charge in [0.15, 0.2) is 0 Å². The Morgan fingerprint density at radius 2 is 1.95 bits per heavy atom. The van der Waals surface area contributed by atoms with Crippen molar-refractivity contribution in [3.8, 4) is 0 Å². The van der Waals surface area contributed by atoms with Gasteiger partial charge in [-0.3, -0.25) is 0 Å². The highest BCUT2D eigenvalue weighted by molar-refractivity contribution is 5.60. The maximum absolute atomic E-state index is 4.63. The van der Waals surface area contributed by atoms with E-state index in [-0.39, 0.29) is 0 Å². The Kier molecular flexibility index (Phi) is 5.07. The van der Waals surface area contributed by atoms with Gasteiger partial charge >= 0.3 is 0 Å². The zero-order chi connectivity index (χ0) is 15.5. The highest BCUT2D eigenvalue weighted by atomic mass is 15.2. The Labute approximate surface area is 129 Å². The Hall–Kier alpha value is -1.32. The molecule has 0 atom stereocenters. The van der Waals surface area contributed by atoms with E-state index in [4.69, 9.17) is 0 Å². The SMILES string of the molecule is CCNc1ncnc(N2CCC(CC)(CC)C2)c1C(C)C. The zero-order valence-electron chi connectivity index (χ0n) is 14.2. The summed E-state index contributed by atoms with van der Waals surface area (Å²) in [5.41, 5.74) is 1.74. The van der Waals surface area contributed by atoms with E-state index < -0.39 is 0 Å². The fraction of sp³-hybridized carbons (Fsp3) is 0.765. The first-order chi connectivity index (χ1) is 10.1. The van der Waals surface area contributed by atoms with E-state index in [1.807, 2.05) is 0 Å². The second-order valence-corrected chi connectivity index (χ2v) is 6.52. The molecule has 1 saturated heterocycles. The maximum atomic E-state index is 4.63. The summed E-state index contributed by atoms with van der Waals surface area (Å²) in [5.74, 6) is 2.57. The van der Waals surface area contributed by atoms with Crippen molar-refractivity contribution in [3.63, 3.8) is 0 Å². The van der Waals surface area contributed by atoms with E-state index in [1.54, 1.807) is 6.33 Å². The van der Waals surface area contributed by atoms with Gasteiger partial charge in [-0.25, -0.2) is 9.97 Å². The van der Waals surface area contributed by atoms with Crippen LogP contribution in [0.15, 0.2) is 6.33 Å². The summed E-state index contributed by atoms with van der Waals surface area (Å²) in [4.78, 5) is 11.6. The van der Waals surface area contributed by atoms with Crippen LogP contribution in [-0.4, -0.2) is 29.6 Å². The molecule has 0 aliphatic carbocycles. The molecular weight excluding hydrogens is 260 g/mol. The van der Waals surface area contributed by atoms with Crippen molar-refractivity contribution in [3.05, 3.63) is 11.9 Å². The van der Waals surface area contributed by atoms with Crippen LogP contribution in [0.2, 0.25) is 0 Å². The van der Waals surface area contributed by atoms with Crippen LogP contribution in [-0.2, 0) is 0 Å². The third kappa shape index (κ3) is 3.14. The molecule has 2 heterocycles. The summed E-state index contributed by atoms with van der Waals surface area (Å²) in [6.07, 6.45) is 5.49. The van der Waals surface area contributed by atoms with Crippen LogP contribution < -0.4 is 10.2 Å². The van der Waals surface area contributed by atoms with Crippen LogP contribution in [0.5, 0.6) is 0 Å². The Morgan fingerprint density at radius 1 is 1.24 bits per heavy atom. The molecule has 0 aromatic carbocycles. The lowest BCUT2D eigenvalue weighted by Gasteiger charge is -2.28. The largest absolute Gasteiger partial charge is 0.370 e. The minimum absolute atomic E-state index is 0.425. The van der Waals surface area contributed by atoms with Gasteiger partial charge in [0.05, 0.1) is 0 Å². The second kappa shape index (κ2) is 6.63. The lowest BCUT2D eigenvalue weighted by Crippen LogP contribution is -2.28. The van der Waals surface area contributed by atoms with Crippen LogP contribution in [0.1, 0.15) is 65.4 Å². The summed E-state index contributed by atoms with van der Waals surface area (Å²) >= 11 is 0. The molecule has 21 heavy (non-hydrogen) atoms. The van der Waals surface area contributed by atoms with E-state index in [2.05, 4.69) is 54.8 Å². The maximum Gasteiger partial charge on any atom is 0.137 e. The summed E-state index contributed by atoms with van der Waals surface area (Å²) in [5, 5.41) is 3.39. The highest BCUT2D eigenvalue weighted by Crippen LogP contribution is 2.41. The predicted molar refractivity (Wildman–Crippen MR) is 90.1 cm³/mol. The summed E-state index contributed by atoms with van der Waals surface area (Å²) in [6, 6.07) is 0. The number of aromatic nitrogens is 2. The van der Waals surface area contributed by atoms with E-state index in [0.717, 1.165) is 31.3 Å². The molecule has 4 nitrogen and oxygen atoms in total. The summed E-state index contributed by atoms with van der Waals surface area (Å²) in [6.45, 7) is 14.3. The molecule has 4 heteroatoms. The number of anilines is 2. The smallest absolute Gasteiger partial charge is 0.137 e. The number of rotatable bonds is 6. The monoisotopic (exact) mass is 290 g/mol. The molecule has 0 spiro atoms. The van der Waals surface area contributed by atoms with Gasteiger partial charge < -0.3 is 10.2 Å². The fourth-order valence-corrected chi connectivity index (χ4v) is 3.42. The molecule has 1 aliphatic rings. The second-order valence-electron chi connectivity index (χ2n) is 6.52. The summed E-state index contributed by atoms with van der Waals surface area (Å²) in [7, 11) is 0. The molecular formula is C17H30N4. The van der Waals surface area contributed by atoms with Crippen molar-refractivity contribution in [2.24, 2.45) is 5.41 Å². The molecule has 118 valence electrons. The lowest BCUT2D eigenvalue weighted by atomic mass is 9.82. The summed E-state index contributed by atoms with van der Waals surface area (Å²) < 4.78 is 0. The fourth-order valence-electron chi connectivity index (χ4n) is 3.42. The molecule has 0 amide bonds. The molecule has 0 bridgehead atoms. The van der Waals surface area contributed by atoms with Gasteiger partial charge in [-0.05, 0) is 37.5 Å². The van der Waals surface area contributed by atoms with Gasteiger partial charge in [-0.2, -0.15) is 0 Å². The van der Waals surface area contributed by atoms with Crippen molar-refractivity contribution < 1.29 is 0 Å². The highest BCUT2D eigenvalue weighted by Gasteiger charge is 2.36. The molecule has 0 unspecified atom stereocenters. The first-order valence-corrected chi connectivity index (χ1v) is 8.40. The molecule has 1 aromatic rings. The van der Waals surface area contributed by atoms with Gasteiger partial charge in [0.2, 0.25) is 0 Å². The van der Waals surface area contributed by atoms with Crippen molar-refractivity contribution >= 4 is 11.6 Å². The number of nitrogens with one attached hydrogen (secondary N) is 1. The van der Waals surface area contributed by atoms with Crippen LogP contribution in [0.25, 0.3) is 0 Å². The van der Waals surface area contributed by atoms with Gasteiger partial charge in [-0.15, -0.1) is 0 Å². The average molecular weight is 290 g/mol. The van der Waals surface area contributed by atoms with Crippen LogP contribution in [0.4, 0.5) is 11.6 Å². The van der Waals surface area contributed by atoms with E-state index in [0.29, 0.717) is 11.3 Å². The van der Waals surface area contributed by atoms with E-state index >= 15 is 0 Å². The molecule has 2 rings (SSSR count). The molecule has 1 aliphatic heterocycles. The van der Waals surface area contributed by atoms with Crippen LogP contribution in [0, 0.1) is 5.41 Å². The van der Waals surface area contributed by atoms with Crippen molar-refractivity contribution in [2.75, 3.05) is 29.9 Å². The molecule has 0 saturated carbocycles. The number of nitrogens with zero attached hydrogens (tertiary/aromatic N) is 3. The van der Waals surface area contributed by atoms with Crippen molar-refractivity contribution in [1.82, 2.24) is 9.97 Å².